The Kier molecular flexibility index (Phi) is 8.84. The zero-order valence-electron chi connectivity index (χ0n) is 22.2. The monoisotopic (exact) mass is 661 g/mol. The largest absolute Gasteiger partial charge is 0.489 e. The van der Waals surface area contributed by atoms with E-state index in [-0.39, 0.29) is 23.6 Å². The zero-order valence-corrected chi connectivity index (χ0v) is 24.5. The van der Waals surface area contributed by atoms with Crippen LogP contribution in [0.5, 0.6) is 11.5 Å². The van der Waals surface area contributed by atoms with E-state index in [2.05, 4.69) is 21.2 Å². The molecule has 1 aliphatic heterocycles. The van der Waals surface area contributed by atoms with Crippen LogP contribution in [0.4, 0.5) is 16.2 Å². The highest BCUT2D eigenvalue weighted by Gasteiger charge is 2.37. The Morgan fingerprint density at radius 2 is 1.49 bits per heavy atom. The maximum Gasteiger partial charge on any atom is 0.335 e. The molecule has 4 aromatic carbocycles. The number of carbonyl (C=O) groups is 3. The maximum absolute atomic E-state index is 13.5. The number of urea groups is 1. The highest BCUT2D eigenvalue weighted by molar-refractivity contribution is 9.10. The molecule has 0 aromatic heterocycles. The molecule has 43 heavy (non-hydrogen) atoms. The third-order valence-electron chi connectivity index (χ3n) is 6.33. The Labute approximate surface area is 258 Å². The first-order valence-electron chi connectivity index (χ1n) is 12.7. The zero-order chi connectivity index (χ0) is 30.5. The summed E-state index contributed by atoms with van der Waals surface area (Å²) < 4.78 is 12.4. The number of nitro groups is 1. The Bertz CT molecular complexity index is 1740. The number of ether oxygens (including phenoxy) is 2. The summed E-state index contributed by atoms with van der Waals surface area (Å²) in [4.78, 5) is 50.2. The van der Waals surface area contributed by atoms with Gasteiger partial charge in [-0.05, 0) is 83.9 Å². The summed E-state index contributed by atoms with van der Waals surface area (Å²) in [5, 5.41) is 13.7. The normalized spacial score (nSPS) is 14.0. The third kappa shape index (κ3) is 7.08. The summed E-state index contributed by atoms with van der Waals surface area (Å²) in [5.41, 5.74) is 1.91. The number of barbiturate groups is 1. The lowest BCUT2D eigenvalue weighted by Crippen LogP contribution is -2.54. The van der Waals surface area contributed by atoms with E-state index in [1.807, 2.05) is 12.1 Å². The predicted molar refractivity (Wildman–Crippen MR) is 163 cm³/mol. The fourth-order valence-electron chi connectivity index (χ4n) is 4.12. The van der Waals surface area contributed by atoms with Crippen LogP contribution >= 0.6 is 27.5 Å². The first-order valence-corrected chi connectivity index (χ1v) is 13.9. The Hall–Kier alpha value is -5.00. The van der Waals surface area contributed by atoms with Crippen molar-refractivity contribution < 1.29 is 28.8 Å². The molecule has 12 heteroatoms. The number of hydrogen-bond acceptors (Lipinski definition) is 7. The number of amides is 4. The molecule has 0 atom stereocenters. The van der Waals surface area contributed by atoms with E-state index in [4.69, 9.17) is 21.1 Å². The summed E-state index contributed by atoms with van der Waals surface area (Å²) in [6.45, 7) is 0.370. The number of rotatable bonds is 9. The van der Waals surface area contributed by atoms with Crippen molar-refractivity contribution in [2.75, 3.05) is 4.90 Å². The van der Waals surface area contributed by atoms with Gasteiger partial charge in [-0.15, -0.1) is 0 Å². The van der Waals surface area contributed by atoms with Crippen molar-refractivity contribution in [2.24, 2.45) is 0 Å². The summed E-state index contributed by atoms with van der Waals surface area (Å²) in [6.07, 6.45) is 1.34. The van der Waals surface area contributed by atoms with Crippen molar-refractivity contribution in [3.05, 3.63) is 133 Å². The molecule has 1 fully saturated rings. The standard InChI is InChI=1S/C31H21BrClN3O7/c32-22-5-14-28(43-18-20-3-8-25(9-4-20)36(40)41)21(15-22)16-27-29(37)34-31(39)35(30(27)38)24-10-12-26(13-11-24)42-17-19-1-6-23(33)7-2-19/h1-16H,17-18H2,(H,34,37,39)/b27-16+. The number of carbonyl (C=O) groups excluding carboxylic acids is 3. The molecule has 10 nitrogen and oxygen atoms in total. The van der Waals surface area contributed by atoms with E-state index >= 15 is 0 Å². The second-order valence-corrected chi connectivity index (χ2v) is 10.6. The quantitative estimate of drug-likeness (QED) is 0.0900. The minimum atomic E-state index is -0.883. The minimum Gasteiger partial charge on any atom is -0.489 e. The van der Waals surface area contributed by atoms with Crippen LogP contribution in [0.15, 0.2) is 101 Å². The van der Waals surface area contributed by atoms with Crippen LogP contribution in [0.1, 0.15) is 16.7 Å². The number of nitrogens with one attached hydrogen (secondary N) is 1. The number of anilines is 1. The lowest BCUT2D eigenvalue weighted by atomic mass is 10.1. The Morgan fingerprint density at radius 1 is 0.860 bits per heavy atom. The lowest BCUT2D eigenvalue weighted by molar-refractivity contribution is -0.384. The van der Waals surface area contributed by atoms with Crippen LogP contribution in [-0.2, 0) is 22.8 Å². The Morgan fingerprint density at radius 3 is 2.14 bits per heavy atom. The number of nitrogens with zero attached hydrogens (tertiary/aromatic N) is 2. The molecule has 4 amide bonds. The van der Waals surface area contributed by atoms with Gasteiger partial charge in [0.05, 0.1) is 10.6 Å². The molecule has 5 rings (SSSR count). The highest BCUT2D eigenvalue weighted by Crippen LogP contribution is 2.29. The molecule has 0 aliphatic carbocycles. The summed E-state index contributed by atoms with van der Waals surface area (Å²) in [6, 6.07) is 23.6. The van der Waals surface area contributed by atoms with Gasteiger partial charge in [0.15, 0.2) is 0 Å². The first-order chi connectivity index (χ1) is 20.7. The summed E-state index contributed by atoms with van der Waals surface area (Å²) in [5.74, 6) is -0.806. The number of halogens is 2. The molecule has 4 aromatic rings. The van der Waals surface area contributed by atoms with Crippen LogP contribution in [-0.4, -0.2) is 22.8 Å². The van der Waals surface area contributed by atoms with Crippen LogP contribution in [0, 0.1) is 10.1 Å². The molecule has 0 bridgehead atoms. The number of benzene rings is 4. The average Bonchev–Trinajstić information content (AvgIpc) is 2.99. The van der Waals surface area contributed by atoms with E-state index in [0.717, 1.165) is 10.5 Å². The molecule has 0 unspecified atom stereocenters. The smallest absolute Gasteiger partial charge is 0.335 e. The van der Waals surface area contributed by atoms with Gasteiger partial charge >= 0.3 is 6.03 Å². The third-order valence-corrected chi connectivity index (χ3v) is 7.07. The lowest BCUT2D eigenvalue weighted by Gasteiger charge is -2.26. The fourth-order valence-corrected chi connectivity index (χ4v) is 4.63. The SMILES string of the molecule is O=C1NC(=O)N(c2ccc(OCc3ccc(Cl)cc3)cc2)C(=O)/C1=C/c1cc(Br)ccc1OCc1ccc([N+](=O)[O-])cc1. The Balaban J connectivity index is 1.34. The van der Waals surface area contributed by atoms with Gasteiger partial charge in [-0.25, -0.2) is 9.69 Å². The van der Waals surface area contributed by atoms with Gasteiger partial charge in [-0.3, -0.25) is 25.0 Å². The van der Waals surface area contributed by atoms with Gasteiger partial charge in [-0.1, -0.05) is 39.7 Å². The van der Waals surface area contributed by atoms with Gasteiger partial charge < -0.3 is 9.47 Å². The number of nitro benzene ring substituents is 1. The topological polar surface area (TPSA) is 128 Å². The van der Waals surface area contributed by atoms with Gasteiger partial charge in [-0.2, -0.15) is 0 Å². The molecular weight excluding hydrogens is 642 g/mol. The number of imide groups is 2. The van der Waals surface area contributed by atoms with E-state index in [1.54, 1.807) is 66.7 Å². The molecule has 0 radical (unpaired) electrons. The van der Waals surface area contributed by atoms with Crippen LogP contribution in [0.3, 0.4) is 0 Å². The van der Waals surface area contributed by atoms with Crippen LogP contribution < -0.4 is 19.7 Å². The van der Waals surface area contributed by atoms with Crippen LogP contribution in [0.2, 0.25) is 5.02 Å². The molecular formula is C31H21BrClN3O7. The highest BCUT2D eigenvalue weighted by atomic mass is 79.9. The molecule has 1 saturated heterocycles. The van der Waals surface area contributed by atoms with E-state index in [0.29, 0.717) is 38.7 Å². The molecule has 0 saturated carbocycles. The number of hydrogen-bond donors (Lipinski definition) is 1. The van der Waals surface area contributed by atoms with Crippen molar-refractivity contribution in [2.45, 2.75) is 13.2 Å². The van der Waals surface area contributed by atoms with Crippen molar-refractivity contribution in [1.82, 2.24) is 5.32 Å². The van der Waals surface area contributed by atoms with Crippen LogP contribution in [0.25, 0.3) is 6.08 Å². The predicted octanol–water partition coefficient (Wildman–Crippen LogP) is 6.84. The maximum atomic E-state index is 13.5. The first kappa shape index (κ1) is 29.5. The van der Waals surface area contributed by atoms with Crippen molar-refractivity contribution >= 4 is 62.8 Å². The minimum absolute atomic E-state index is 0.0427. The van der Waals surface area contributed by atoms with Crippen molar-refractivity contribution in [1.29, 1.82) is 0 Å². The average molecular weight is 663 g/mol. The summed E-state index contributed by atoms with van der Waals surface area (Å²) >= 11 is 9.30. The molecule has 216 valence electrons. The molecule has 1 aliphatic rings. The van der Waals surface area contributed by atoms with E-state index in [9.17, 15) is 24.5 Å². The van der Waals surface area contributed by atoms with E-state index in [1.165, 1.54) is 18.2 Å². The van der Waals surface area contributed by atoms with Gasteiger partial charge in [0.1, 0.15) is 30.3 Å². The van der Waals surface area contributed by atoms with Crippen molar-refractivity contribution in [3.63, 3.8) is 0 Å². The van der Waals surface area contributed by atoms with Gasteiger partial charge in [0.2, 0.25) is 0 Å². The molecule has 0 spiro atoms. The fraction of sp³-hybridized carbons (Fsp3) is 0.0645. The summed E-state index contributed by atoms with van der Waals surface area (Å²) in [7, 11) is 0. The second kappa shape index (κ2) is 12.9. The second-order valence-electron chi connectivity index (χ2n) is 9.26. The molecule has 1 N–H and O–H groups in total. The van der Waals surface area contributed by atoms with Gasteiger partial charge in [0, 0.05) is 27.2 Å². The van der Waals surface area contributed by atoms with E-state index < -0.39 is 22.8 Å². The van der Waals surface area contributed by atoms with Gasteiger partial charge in [0.25, 0.3) is 17.5 Å². The molecule has 1 heterocycles. The number of non-ortho nitro benzene ring substituents is 1. The van der Waals surface area contributed by atoms with Crippen molar-refractivity contribution in [3.8, 4) is 11.5 Å².